The number of nitrogens with zero attached hydrogens (tertiary/aromatic N) is 2. The molecule has 1 aliphatic rings. The Kier molecular flexibility index (Phi) is 7.88. The monoisotopic (exact) mass is 491 g/mol. The highest BCUT2D eigenvalue weighted by atomic mass is 32.2. The number of amides is 1. The lowest BCUT2D eigenvalue weighted by atomic mass is 10.1. The third-order valence-corrected chi connectivity index (χ3v) is 8.21. The molecule has 1 fully saturated rings. The summed E-state index contributed by atoms with van der Waals surface area (Å²) in [5.41, 5.74) is 4.47. The number of carbonyl (C=O) groups is 1. The summed E-state index contributed by atoms with van der Waals surface area (Å²) in [4.78, 5) is 15.7. The molecular formula is C28H33N3O3S. The summed E-state index contributed by atoms with van der Waals surface area (Å²) in [5, 5.41) is 2.96. The molecular weight excluding hydrogens is 458 g/mol. The number of sulfonamides is 1. The number of nitrogens with one attached hydrogen (secondary N) is 1. The van der Waals surface area contributed by atoms with E-state index in [-0.39, 0.29) is 17.3 Å². The first kappa shape index (κ1) is 24.9. The molecule has 1 aliphatic heterocycles. The molecule has 1 N–H and O–H groups in total. The third kappa shape index (κ3) is 6.10. The van der Waals surface area contributed by atoms with Crippen LogP contribution in [0.2, 0.25) is 0 Å². The Morgan fingerprint density at radius 3 is 2.29 bits per heavy atom. The van der Waals surface area contributed by atoms with Gasteiger partial charge in [0.05, 0.1) is 10.6 Å². The van der Waals surface area contributed by atoms with Gasteiger partial charge in [-0.1, -0.05) is 54.6 Å². The standard InChI is InChI=1S/C28H33N3O3S/c1-22-14-15-23(2)27(18-22)31(35(33,34)26-12-4-3-5-13-26)21-28(32)29-19-24-10-6-7-11-25(24)20-30-16-8-9-17-30/h3-7,10-15,18H,8-9,16-17,19-21H2,1-2H3,(H,29,32). The lowest BCUT2D eigenvalue weighted by molar-refractivity contribution is -0.119. The highest BCUT2D eigenvalue weighted by Gasteiger charge is 2.28. The van der Waals surface area contributed by atoms with Crippen LogP contribution in [0, 0.1) is 13.8 Å². The van der Waals surface area contributed by atoms with Crippen molar-refractivity contribution in [1.29, 1.82) is 0 Å². The number of aryl methyl sites for hydroxylation is 2. The average molecular weight is 492 g/mol. The Labute approximate surface area is 208 Å². The Morgan fingerprint density at radius 2 is 1.57 bits per heavy atom. The van der Waals surface area contributed by atoms with Gasteiger partial charge in [-0.15, -0.1) is 0 Å². The number of likely N-dealkylation sites (tertiary alicyclic amines) is 1. The highest BCUT2D eigenvalue weighted by molar-refractivity contribution is 7.92. The van der Waals surface area contributed by atoms with Crippen LogP contribution in [0.4, 0.5) is 5.69 Å². The summed E-state index contributed by atoms with van der Waals surface area (Å²) in [6, 6.07) is 22.0. The Morgan fingerprint density at radius 1 is 0.914 bits per heavy atom. The maximum absolute atomic E-state index is 13.6. The van der Waals surface area contributed by atoms with Crippen LogP contribution in [0.5, 0.6) is 0 Å². The molecule has 0 unspecified atom stereocenters. The molecule has 0 aromatic heterocycles. The van der Waals surface area contributed by atoms with Gasteiger partial charge in [0.15, 0.2) is 0 Å². The zero-order valence-electron chi connectivity index (χ0n) is 20.4. The van der Waals surface area contributed by atoms with Crippen molar-refractivity contribution >= 4 is 21.6 Å². The van der Waals surface area contributed by atoms with Gasteiger partial charge in [-0.25, -0.2) is 8.42 Å². The van der Waals surface area contributed by atoms with Crippen molar-refractivity contribution in [2.75, 3.05) is 23.9 Å². The number of hydrogen-bond donors (Lipinski definition) is 1. The van der Waals surface area contributed by atoms with Crippen LogP contribution in [0.3, 0.4) is 0 Å². The van der Waals surface area contributed by atoms with E-state index < -0.39 is 10.0 Å². The largest absolute Gasteiger partial charge is 0.350 e. The molecule has 4 rings (SSSR count). The Hall–Kier alpha value is -3.16. The molecule has 1 heterocycles. The maximum Gasteiger partial charge on any atom is 0.264 e. The summed E-state index contributed by atoms with van der Waals surface area (Å²) in [7, 11) is -3.93. The second-order valence-corrected chi connectivity index (χ2v) is 11.0. The van der Waals surface area contributed by atoms with E-state index in [0.717, 1.165) is 36.3 Å². The van der Waals surface area contributed by atoms with Crippen LogP contribution in [-0.4, -0.2) is 38.9 Å². The van der Waals surface area contributed by atoms with Gasteiger partial charge in [0.2, 0.25) is 5.91 Å². The van der Waals surface area contributed by atoms with Crippen molar-refractivity contribution in [3.63, 3.8) is 0 Å². The molecule has 0 spiro atoms. The van der Waals surface area contributed by atoms with E-state index in [2.05, 4.69) is 16.3 Å². The van der Waals surface area contributed by atoms with Gasteiger partial charge in [-0.3, -0.25) is 14.0 Å². The maximum atomic E-state index is 13.6. The molecule has 0 bridgehead atoms. The van der Waals surface area contributed by atoms with Gasteiger partial charge in [-0.2, -0.15) is 0 Å². The van der Waals surface area contributed by atoms with Crippen LogP contribution in [-0.2, 0) is 27.9 Å². The zero-order valence-corrected chi connectivity index (χ0v) is 21.2. The molecule has 3 aromatic rings. The van der Waals surface area contributed by atoms with E-state index in [1.165, 1.54) is 22.7 Å². The summed E-state index contributed by atoms with van der Waals surface area (Å²) < 4.78 is 28.4. The lowest BCUT2D eigenvalue weighted by Gasteiger charge is -2.26. The average Bonchev–Trinajstić information content (AvgIpc) is 3.37. The predicted octanol–water partition coefficient (Wildman–Crippen LogP) is 4.41. The van der Waals surface area contributed by atoms with Crippen LogP contribution < -0.4 is 9.62 Å². The van der Waals surface area contributed by atoms with Gasteiger partial charge in [0.25, 0.3) is 10.0 Å². The fourth-order valence-electron chi connectivity index (χ4n) is 4.45. The van der Waals surface area contributed by atoms with Crippen LogP contribution in [0.15, 0.2) is 77.7 Å². The predicted molar refractivity (Wildman–Crippen MR) is 140 cm³/mol. The number of carbonyl (C=O) groups excluding carboxylic acids is 1. The van der Waals surface area contributed by atoms with E-state index in [0.29, 0.717) is 12.2 Å². The molecule has 1 saturated heterocycles. The Bertz CT molecular complexity index is 1270. The van der Waals surface area contributed by atoms with Crippen molar-refractivity contribution in [2.24, 2.45) is 0 Å². The minimum Gasteiger partial charge on any atom is -0.350 e. The first-order chi connectivity index (χ1) is 16.8. The molecule has 3 aromatic carbocycles. The zero-order chi connectivity index (χ0) is 24.8. The first-order valence-corrected chi connectivity index (χ1v) is 13.5. The van der Waals surface area contributed by atoms with Gasteiger partial charge in [0.1, 0.15) is 6.54 Å². The molecule has 6 nitrogen and oxygen atoms in total. The summed E-state index contributed by atoms with van der Waals surface area (Å²) in [6.07, 6.45) is 2.45. The number of hydrogen-bond acceptors (Lipinski definition) is 4. The van der Waals surface area contributed by atoms with Gasteiger partial charge >= 0.3 is 0 Å². The van der Waals surface area contributed by atoms with E-state index in [4.69, 9.17) is 0 Å². The number of benzene rings is 3. The number of rotatable bonds is 9. The molecule has 0 aliphatic carbocycles. The highest BCUT2D eigenvalue weighted by Crippen LogP contribution is 2.28. The molecule has 0 atom stereocenters. The van der Waals surface area contributed by atoms with Crippen LogP contribution >= 0.6 is 0 Å². The van der Waals surface area contributed by atoms with Gasteiger partial charge in [0, 0.05) is 13.1 Å². The minimum absolute atomic E-state index is 0.157. The second kappa shape index (κ2) is 11.1. The van der Waals surface area contributed by atoms with Crippen LogP contribution in [0.1, 0.15) is 35.1 Å². The van der Waals surface area contributed by atoms with Gasteiger partial charge in [-0.05, 0) is 80.2 Å². The normalized spacial score (nSPS) is 14.1. The molecule has 1 amide bonds. The van der Waals surface area contributed by atoms with Crippen molar-refractivity contribution in [1.82, 2.24) is 10.2 Å². The third-order valence-electron chi connectivity index (χ3n) is 6.44. The summed E-state index contributed by atoms with van der Waals surface area (Å²) >= 11 is 0. The molecule has 0 radical (unpaired) electrons. The summed E-state index contributed by atoms with van der Waals surface area (Å²) in [5.74, 6) is -0.346. The fraction of sp³-hybridized carbons (Fsp3) is 0.321. The lowest BCUT2D eigenvalue weighted by Crippen LogP contribution is -2.41. The smallest absolute Gasteiger partial charge is 0.264 e. The molecule has 7 heteroatoms. The minimum atomic E-state index is -3.93. The first-order valence-electron chi connectivity index (χ1n) is 12.1. The Balaban J connectivity index is 1.54. The van der Waals surface area contributed by atoms with Crippen molar-refractivity contribution in [3.05, 3.63) is 95.1 Å². The van der Waals surface area contributed by atoms with E-state index in [1.807, 2.05) is 50.2 Å². The summed E-state index contributed by atoms with van der Waals surface area (Å²) in [6.45, 7) is 6.89. The van der Waals surface area contributed by atoms with Crippen molar-refractivity contribution in [3.8, 4) is 0 Å². The second-order valence-electron chi connectivity index (χ2n) is 9.14. The SMILES string of the molecule is Cc1ccc(C)c(N(CC(=O)NCc2ccccc2CN2CCCC2)S(=O)(=O)c2ccccc2)c1. The molecule has 184 valence electrons. The van der Waals surface area contributed by atoms with E-state index >= 15 is 0 Å². The molecule has 0 saturated carbocycles. The van der Waals surface area contributed by atoms with E-state index in [9.17, 15) is 13.2 Å². The quantitative estimate of drug-likeness (QED) is 0.481. The van der Waals surface area contributed by atoms with Crippen molar-refractivity contribution < 1.29 is 13.2 Å². The topological polar surface area (TPSA) is 69.7 Å². The van der Waals surface area contributed by atoms with Crippen molar-refractivity contribution in [2.45, 2.75) is 44.7 Å². The number of anilines is 1. The van der Waals surface area contributed by atoms with Gasteiger partial charge < -0.3 is 5.32 Å². The molecule has 35 heavy (non-hydrogen) atoms. The van der Waals surface area contributed by atoms with E-state index in [1.54, 1.807) is 30.3 Å². The van der Waals surface area contributed by atoms with Crippen LogP contribution in [0.25, 0.3) is 0 Å². The fourth-order valence-corrected chi connectivity index (χ4v) is 5.95.